The van der Waals surface area contributed by atoms with Crippen LogP contribution in [0.3, 0.4) is 0 Å². The predicted molar refractivity (Wildman–Crippen MR) is 114 cm³/mol. The zero-order valence-electron chi connectivity index (χ0n) is 16.6. The predicted octanol–water partition coefficient (Wildman–Crippen LogP) is 1.53. The van der Waals surface area contributed by atoms with Gasteiger partial charge in [0.25, 0.3) is 5.91 Å². The standard InChI is InChI=1S/C19H27N5O4S/c1-3-4-16(18(24-20)19(26)23-15-9-10-15)21-13-5-7-14(8-6-13)22-17(25)11-12-29(2,27)28/h5-8,15H,3-4,9-12,20H2,1-2H3,(H,22,25)(H,23,26). The second-order valence-electron chi connectivity index (χ2n) is 7.01. The highest BCUT2D eigenvalue weighted by Gasteiger charge is 2.27. The van der Waals surface area contributed by atoms with E-state index in [0.29, 0.717) is 23.5 Å². The van der Waals surface area contributed by atoms with Crippen molar-refractivity contribution in [2.24, 2.45) is 15.9 Å². The molecule has 1 aromatic rings. The van der Waals surface area contributed by atoms with E-state index < -0.39 is 9.84 Å². The Morgan fingerprint density at radius 1 is 1.17 bits per heavy atom. The van der Waals surface area contributed by atoms with Crippen molar-refractivity contribution in [1.82, 2.24) is 5.32 Å². The maximum absolute atomic E-state index is 12.3. The van der Waals surface area contributed by atoms with Crippen LogP contribution in [-0.4, -0.2) is 49.7 Å². The van der Waals surface area contributed by atoms with Crippen LogP contribution in [0.25, 0.3) is 0 Å². The number of carbonyl (C=O) groups excluding carboxylic acids is 2. The fourth-order valence-corrected chi connectivity index (χ4v) is 3.04. The fourth-order valence-electron chi connectivity index (χ4n) is 2.49. The van der Waals surface area contributed by atoms with Gasteiger partial charge in [0.15, 0.2) is 5.71 Å². The quantitative estimate of drug-likeness (QED) is 0.298. The molecular weight excluding hydrogens is 394 g/mol. The van der Waals surface area contributed by atoms with Crippen molar-refractivity contribution in [2.75, 3.05) is 17.3 Å². The number of hydrogen-bond donors (Lipinski definition) is 3. The highest BCUT2D eigenvalue weighted by atomic mass is 32.2. The van der Waals surface area contributed by atoms with Gasteiger partial charge in [0, 0.05) is 24.4 Å². The van der Waals surface area contributed by atoms with E-state index in [4.69, 9.17) is 5.84 Å². The summed E-state index contributed by atoms with van der Waals surface area (Å²) in [6.07, 6.45) is 4.21. The van der Waals surface area contributed by atoms with Crippen molar-refractivity contribution in [3.8, 4) is 0 Å². The molecule has 1 saturated carbocycles. The van der Waals surface area contributed by atoms with Gasteiger partial charge in [-0.3, -0.25) is 14.6 Å². The van der Waals surface area contributed by atoms with Crippen LogP contribution >= 0.6 is 0 Å². The molecule has 1 aliphatic rings. The summed E-state index contributed by atoms with van der Waals surface area (Å²) in [5.41, 5.74) is 1.73. The Morgan fingerprint density at radius 3 is 2.34 bits per heavy atom. The lowest BCUT2D eigenvalue weighted by Crippen LogP contribution is -2.37. The van der Waals surface area contributed by atoms with Gasteiger partial charge in [-0.25, -0.2) is 8.42 Å². The zero-order chi connectivity index (χ0) is 21.4. The molecule has 0 bridgehead atoms. The first-order valence-corrected chi connectivity index (χ1v) is 11.5. The Morgan fingerprint density at radius 2 is 1.83 bits per heavy atom. The van der Waals surface area contributed by atoms with Gasteiger partial charge in [0.2, 0.25) is 5.91 Å². The number of aliphatic imine (C=N–C) groups is 1. The lowest BCUT2D eigenvalue weighted by molar-refractivity contribution is -0.116. The van der Waals surface area contributed by atoms with Gasteiger partial charge in [-0.2, -0.15) is 5.10 Å². The van der Waals surface area contributed by atoms with Gasteiger partial charge < -0.3 is 16.5 Å². The maximum atomic E-state index is 12.3. The first kappa shape index (κ1) is 22.5. The van der Waals surface area contributed by atoms with Gasteiger partial charge in [0.1, 0.15) is 9.84 Å². The molecule has 1 aromatic carbocycles. The van der Waals surface area contributed by atoms with E-state index in [2.05, 4.69) is 20.7 Å². The van der Waals surface area contributed by atoms with Gasteiger partial charge in [-0.05, 0) is 43.5 Å². The number of nitrogens with two attached hydrogens (primary N) is 1. The Balaban J connectivity index is 2.07. The monoisotopic (exact) mass is 421 g/mol. The van der Waals surface area contributed by atoms with Crippen LogP contribution in [0.5, 0.6) is 0 Å². The molecule has 1 aliphatic carbocycles. The molecular formula is C19H27N5O4S. The summed E-state index contributed by atoms with van der Waals surface area (Å²) in [6.45, 7) is 1.97. The number of rotatable bonds is 10. The maximum Gasteiger partial charge on any atom is 0.273 e. The molecule has 2 amide bonds. The van der Waals surface area contributed by atoms with Gasteiger partial charge >= 0.3 is 0 Å². The number of carbonyl (C=O) groups is 2. The topological polar surface area (TPSA) is 143 Å². The third kappa shape index (κ3) is 8.02. The Hall–Kier alpha value is -2.75. The minimum absolute atomic E-state index is 0.105. The molecule has 0 radical (unpaired) electrons. The molecule has 29 heavy (non-hydrogen) atoms. The summed E-state index contributed by atoms with van der Waals surface area (Å²) in [5.74, 6) is 4.54. The Bertz CT molecular complexity index is 903. The van der Waals surface area contributed by atoms with Crippen molar-refractivity contribution >= 4 is 44.4 Å². The molecule has 10 heteroatoms. The molecule has 1 fully saturated rings. The highest BCUT2D eigenvalue weighted by molar-refractivity contribution is 7.90. The third-order valence-corrected chi connectivity index (χ3v) is 5.08. The number of amides is 2. The Kier molecular flexibility index (Phi) is 7.89. The molecule has 158 valence electrons. The van der Waals surface area contributed by atoms with Crippen LogP contribution in [0, 0.1) is 0 Å². The fraction of sp³-hybridized carbons (Fsp3) is 0.474. The average molecular weight is 422 g/mol. The lowest BCUT2D eigenvalue weighted by Gasteiger charge is -2.09. The number of anilines is 1. The lowest BCUT2D eigenvalue weighted by atomic mass is 10.1. The van der Waals surface area contributed by atoms with Crippen molar-refractivity contribution in [1.29, 1.82) is 0 Å². The third-order valence-electron chi connectivity index (χ3n) is 4.13. The van der Waals surface area contributed by atoms with E-state index in [1.807, 2.05) is 6.92 Å². The Labute approximate surface area is 170 Å². The van der Waals surface area contributed by atoms with E-state index in [1.54, 1.807) is 24.3 Å². The molecule has 9 nitrogen and oxygen atoms in total. The summed E-state index contributed by atoms with van der Waals surface area (Å²) in [4.78, 5) is 28.7. The highest BCUT2D eigenvalue weighted by Crippen LogP contribution is 2.20. The molecule has 0 saturated heterocycles. The van der Waals surface area contributed by atoms with Gasteiger partial charge in [-0.1, -0.05) is 13.3 Å². The summed E-state index contributed by atoms with van der Waals surface area (Å²) in [7, 11) is -3.19. The number of sulfone groups is 1. The van der Waals surface area contributed by atoms with Crippen LogP contribution in [0.1, 0.15) is 39.0 Å². The van der Waals surface area contributed by atoms with Crippen LogP contribution in [0.15, 0.2) is 34.4 Å². The molecule has 0 aromatic heterocycles. The zero-order valence-corrected chi connectivity index (χ0v) is 17.5. The van der Waals surface area contributed by atoms with E-state index in [-0.39, 0.29) is 35.7 Å². The second-order valence-corrected chi connectivity index (χ2v) is 9.27. The number of nitrogens with one attached hydrogen (secondary N) is 2. The van der Waals surface area contributed by atoms with Gasteiger partial charge in [0.05, 0.1) is 17.2 Å². The van der Waals surface area contributed by atoms with E-state index in [0.717, 1.165) is 25.5 Å². The van der Waals surface area contributed by atoms with Crippen molar-refractivity contribution in [3.05, 3.63) is 24.3 Å². The van der Waals surface area contributed by atoms with Crippen molar-refractivity contribution in [2.45, 2.75) is 45.1 Å². The smallest absolute Gasteiger partial charge is 0.273 e. The average Bonchev–Trinajstić information content (AvgIpc) is 3.46. The minimum atomic E-state index is -3.19. The SMILES string of the molecule is CCCC(=Nc1ccc(NC(=O)CCS(C)(=O)=O)cc1)C(=NN)C(=O)NC1CC1. The summed E-state index contributed by atoms with van der Waals surface area (Å²) in [6, 6.07) is 6.88. The second kappa shape index (κ2) is 10.1. The normalized spacial score (nSPS) is 15.1. The van der Waals surface area contributed by atoms with Crippen LogP contribution in [0.2, 0.25) is 0 Å². The largest absolute Gasteiger partial charge is 0.348 e. The summed E-state index contributed by atoms with van der Waals surface area (Å²) >= 11 is 0. The molecule has 2 rings (SSSR count). The minimum Gasteiger partial charge on any atom is -0.348 e. The number of hydrogen-bond acceptors (Lipinski definition) is 7. The summed E-state index contributed by atoms with van der Waals surface area (Å²) < 4.78 is 22.3. The number of benzene rings is 1. The molecule has 0 atom stereocenters. The number of hydrazone groups is 1. The van der Waals surface area contributed by atoms with Crippen molar-refractivity contribution in [3.63, 3.8) is 0 Å². The first-order chi connectivity index (χ1) is 13.7. The molecule has 0 aliphatic heterocycles. The first-order valence-electron chi connectivity index (χ1n) is 9.46. The molecule has 0 heterocycles. The van der Waals surface area contributed by atoms with Crippen LogP contribution in [0.4, 0.5) is 11.4 Å². The molecule has 0 spiro atoms. The van der Waals surface area contributed by atoms with Crippen LogP contribution in [-0.2, 0) is 19.4 Å². The molecule has 0 unspecified atom stereocenters. The van der Waals surface area contributed by atoms with Crippen LogP contribution < -0.4 is 16.5 Å². The van der Waals surface area contributed by atoms with E-state index in [1.165, 1.54) is 0 Å². The van der Waals surface area contributed by atoms with Crippen molar-refractivity contribution < 1.29 is 18.0 Å². The summed E-state index contributed by atoms with van der Waals surface area (Å²) in [5, 5.41) is 9.15. The van der Waals surface area contributed by atoms with Gasteiger partial charge in [-0.15, -0.1) is 0 Å². The van der Waals surface area contributed by atoms with E-state index in [9.17, 15) is 18.0 Å². The number of nitrogens with zero attached hydrogens (tertiary/aromatic N) is 2. The van der Waals surface area contributed by atoms with E-state index >= 15 is 0 Å². The molecule has 4 N–H and O–H groups in total.